The lowest BCUT2D eigenvalue weighted by Crippen LogP contribution is -2.46. The Morgan fingerprint density at radius 2 is 1.65 bits per heavy atom. The van der Waals surface area contributed by atoms with E-state index < -0.39 is 5.54 Å². The number of methoxy groups -OCH3 is 1. The summed E-state index contributed by atoms with van der Waals surface area (Å²) in [4.78, 5) is 12.1. The zero-order valence-corrected chi connectivity index (χ0v) is 14.1. The molecule has 2 N–H and O–H groups in total. The number of nitrogens with one attached hydrogen (secondary N) is 2. The molecule has 0 unspecified atom stereocenters. The largest absolute Gasteiger partial charge is 0.497 e. The van der Waals surface area contributed by atoms with E-state index in [1.165, 1.54) is 5.56 Å². The van der Waals surface area contributed by atoms with E-state index in [1.807, 2.05) is 69.3 Å². The van der Waals surface area contributed by atoms with Crippen molar-refractivity contribution in [1.29, 1.82) is 0 Å². The maximum Gasteiger partial charge on any atom is 0.315 e. The zero-order chi connectivity index (χ0) is 16.9. The predicted octanol–water partition coefficient (Wildman–Crippen LogP) is 3.74. The molecule has 0 spiro atoms. The summed E-state index contributed by atoms with van der Waals surface area (Å²) >= 11 is 0. The molecular weight excluding hydrogens is 288 g/mol. The van der Waals surface area contributed by atoms with Crippen molar-refractivity contribution in [3.8, 4) is 5.75 Å². The summed E-state index contributed by atoms with van der Waals surface area (Å²) in [6, 6.07) is 15.6. The van der Waals surface area contributed by atoms with Crippen molar-refractivity contribution < 1.29 is 9.53 Å². The first-order valence-corrected chi connectivity index (χ1v) is 7.67. The number of ether oxygens (including phenoxy) is 1. The molecule has 2 amide bonds. The van der Waals surface area contributed by atoms with Crippen molar-refractivity contribution >= 4 is 6.03 Å². The van der Waals surface area contributed by atoms with Crippen LogP contribution < -0.4 is 15.4 Å². The molecule has 4 nitrogen and oxygen atoms in total. The van der Waals surface area contributed by atoms with Crippen molar-refractivity contribution in [1.82, 2.24) is 10.6 Å². The smallest absolute Gasteiger partial charge is 0.315 e. The first-order valence-electron chi connectivity index (χ1n) is 7.67. The number of aryl methyl sites for hydroxylation is 1. The highest BCUT2D eigenvalue weighted by Crippen LogP contribution is 2.22. The van der Waals surface area contributed by atoms with Gasteiger partial charge in [-0.3, -0.25) is 0 Å². The average molecular weight is 312 g/mol. The van der Waals surface area contributed by atoms with E-state index in [0.717, 1.165) is 16.9 Å². The SMILES string of the molecule is COc1ccc(C(C)(C)NC(=O)NCc2ccc(C)cc2)cc1. The van der Waals surface area contributed by atoms with Gasteiger partial charge in [-0.2, -0.15) is 0 Å². The normalized spacial score (nSPS) is 11.0. The van der Waals surface area contributed by atoms with Crippen LogP contribution in [0.4, 0.5) is 4.79 Å². The van der Waals surface area contributed by atoms with Crippen molar-refractivity contribution in [3.63, 3.8) is 0 Å². The Kier molecular flexibility index (Phi) is 5.27. The molecule has 0 saturated heterocycles. The number of carbonyl (C=O) groups excluding carboxylic acids is 1. The Morgan fingerprint density at radius 1 is 1.04 bits per heavy atom. The number of benzene rings is 2. The number of amides is 2. The van der Waals surface area contributed by atoms with Crippen LogP contribution in [0.2, 0.25) is 0 Å². The monoisotopic (exact) mass is 312 g/mol. The molecule has 0 fully saturated rings. The first-order chi connectivity index (χ1) is 10.9. The number of rotatable bonds is 5. The number of carbonyl (C=O) groups is 1. The Balaban J connectivity index is 1.93. The lowest BCUT2D eigenvalue weighted by atomic mass is 9.94. The second-order valence-electron chi connectivity index (χ2n) is 6.15. The molecule has 2 aromatic carbocycles. The Hall–Kier alpha value is -2.49. The third kappa shape index (κ3) is 4.74. The fraction of sp³-hybridized carbons (Fsp3) is 0.316. The van der Waals surface area contributed by atoms with Gasteiger partial charge in [0.15, 0.2) is 0 Å². The van der Waals surface area contributed by atoms with E-state index in [-0.39, 0.29) is 6.03 Å². The molecule has 2 rings (SSSR count). The fourth-order valence-electron chi connectivity index (χ4n) is 2.30. The van der Waals surface area contributed by atoms with Crippen LogP contribution in [0.1, 0.15) is 30.5 Å². The average Bonchev–Trinajstić information content (AvgIpc) is 2.54. The summed E-state index contributed by atoms with van der Waals surface area (Å²) in [5, 5.41) is 5.89. The molecule has 0 bridgehead atoms. The molecule has 0 aromatic heterocycles. The Labute approximate surface area is 137 Å². The molecule has 2 aromatic rings. The molecule has 0 atom stereocenters. The minimum atomic E-state index is -0.469. The molecule has 0 radical (unpaired) electrons. The van der Waals surface area contributed by atoms with Crippen LogP contribution in [0.15, 0.2) is 48.5 Å². The van der Waals surface area contributed by atoms with Crippen molar-refractivity contribution in [2.24, 2.45) is 0 Å². The molecule has 4 heteroatoms. The topological polar surface area (TPSA) is 50.4 Å². The lowest BCUT2D eigenvalue weighted by Gasteiger charge is -2.27. The van der Waals surface area contributed by atoms with E-state index in [2.05, 4.69) is 10.6 Å². The maximum atomic E-state index is 12.1. The summed E-state index contributed by atoms with van der Waals surface area (Å²) < 4.78 is 5.16. The van der Waals surface area contributed by atoms with E-state index >= 15 is 0 Å². The zero-order valence-electron chi connectivity index (χ0n) is 14.1. The summed E-state index contributed by atoms with van der Waals surface area (Å²) in [6.07, 6.45) is 0. The molecule has 0 saturated carbocycles. The molecule has 23 heavy (non-hydrogen) atoms. The minimum absolute atomic E-state index is 0.189. The van der Waals surface area contributed by atoms with Gasteiger partial charge in [0.2, 0.25) is 0 Å². The van der Waals surface area contributed by atoms with E-state index in [9.17, 15) is 4.79 Å². The van der Waals surface area contributed by atoms with Crippen LogP contribution in [0.3, 0.4) is 0 Å². The molecule has 0 aliphatic carbocycles. The second-order valence-corrected chi connectivity index (χ2v) is 6.15. The van der Waals surface area contributed by atoms with E-state index in [1.54, 1.807) is 7.11 Å². The number of hydrogen-bond donors (Lipinski definition) is 2. The van der Waals surface area contributed by atoms with Gasteiger partial charge in [-0.25, -0.2) is 4.79 Å². The number of hydrogen-bond acceptors (Lipinski definition) is 2. The maximum absolute atomic E-state index is 12.1. The Morgan fingerprint density at radius 3 is 2.22 bits per heavy atom. The van der Waals surface area contributed by atoms with Crippen LogP contribution >= 0.6 is 0 Å². The summed E-state index contributed by atoms with van der Waals surface area (Å²) in [7, 11) is 1.64. The Bertz CT molecular complexity index is 646. The van der Waals surface area contributed by atoms with Crippen molar-refractivity contribution in [2.75, 3.05) is 7.11 Å². The van der Waals surface area contributed by atoms with Gasteiger partial charge in [0.1, 0.15) is 5.75 Å². The molecular formula is C19H24N2O2. The van der Waals surface area contributed by atoms with Crippen LogP contribution in [0, 0.1) is 6.92 Å². The standard InChI is InChI=1S/C19H24N2O2/c1-14-5-7-15(8-6-14)13-20-18(22)21-19(2,3)16-9-11-17(23-4)12-10-16/h5-12H,13H2,1-4H3,(H2,20,21,22). The van der Waals surface area contributed by atoms with Gasteiger partial charge in [-0.05, 0) is 44.0 Å². The summed E-state index contributed by atoms with van der Waals surface area (Å²) in [5.41, 5.74) is 2.83. The summed E-state index contributed by atoms with van der Waals surface area (Å²) in [5.74, 6) is 0.799. The van der Waals surface area contributed by atoms with Gasteiger partial charge in [-0.1, -0.05) is 42.0 Å². The van der Waals surface area contributed by atoms with E-state index in [0.29, 0.717) is 6.54 Å². The van der Waals surface area contributed by atoms with Gasteiger partial charge < -0.3 is 15.4 Å². The van der Waals surface area contributed by atoms with Crippen LogP contribution in [0.5, 0.6) is 5.75 Å². The first kappa shape index (κ1) is 16.9. The third-order valence-corrected chi connectivity index (χ3v) is 3.81. The summed E-state index contributed by atoms with van der Waals surface area (Å²) in [6.45, 7) is 6.49. The van der Waals surface area contributed by atoms with Crippen LogP contribution in [-0.4, -0.2) is 13.1 Å². The number of urea groups is 1. The van der Waals surface area contributed by atoms with Crippen molar-refractivity contribution in [3.05, 3.63) is 65.2 Å². The quantitative estimate of drug-likeness (QED) is 0.883. The van der Waals surface area contributed by atoms with Gasteiger partial charge >= 0.3 is 6.03 Å². The lowest BCUT2D eigenvalue weighted by molar-refractivity contribution is 0.229. The second kappa shape index (κ2) is 7.18. The van der Waals surface area contributed by atoms with Gasteiger partial charge in [0.25, 0.3) is 0 Å². The predicted molar refractivity (Wildman–Crippen MR) is 92.6 cm³/mol. The van der Waals surface area contributed by atoms with Crippen molar-refractivity contribution in [2.45, 2.75) is 32.9 Å². The van der Waals surface area contributed by atoms with Gasteiger partial charge in [0.05, 0.1) is 12.6 Å². The molecule has 0 aliphatic heterocycles. The van der Waals surface area contributed by atoms with Crippen LogP contribution in [-0.2, 0) is 12.1 Å². The molecule has 0 aliphatic rings. The van der Waals surface area contributed by atoms with Crippen LogP contribution in [0.25, 0.3) is 0 Å². The van der Waals surface area contributed by atoms with Gasteiger partial charge in [-0.15, -0.1) is 0 Å². The van der Waals surface area contributed by atoms with E-state index in [4.69, 9.17) is 4.74 Å². The highest BCUT2D eigenvalue weighted by atomic mass is 16.5. The highest BCUT2D eigenvalue weighted by molar-refractivity contribution is 5.75. The fourth-order valence-corrected chi connectivity index (χ4v) is 2.30. The molecule has 0 heterocycles. The van der Waals surface area contributed by atoms with Gasteiger partial charge in [0, 0.05) is 6.54 Å². The third-order valence-electron chi connectivity index (χ3n) is 3.81. The highest BCUT2D eigenvalue weighted by Gasteiger charge is 2.22. The minimum Gasteiger partial charge on any atom is -0.497 e. The molecule has 122 valence electrons.